The molecule has 2 nitrogen and oxygen atoms in total. The van der Waals surface area contributed by atoms with Crippen molar-refractivity contribution in [1.29, 1.82) is 0 Å². The fourth-order valence-corrected chi connectivity index (χ4v) is 2.94. The minimum atomic E-state index is 0.273. The molecule has 20 heavy (non-hydrogen) atoms. The fourth-order valence-electron chi connectivity index (χ4n) is 2.55. The molecule has 1 heterocycles. The Morgan fingerprint density at radius 2 is 1.95 bits per heavy atom. The molecule has 108 valence electrons. The van der Waals surface area contributed by atoms with Gasteiger partial charge in [0, 0.05) is 40.5 Å². The molecule has 0 fully saturated rings. The Kier molecular flexibility index (Phi) is 5.41. The number of Topliss-reactive ketones (excluding diaryl/α,β-unsaturated/α-hetero) is 1. The number of aromatic nitrogens is 1. The van der Waals surface area contributed by atoms with E-state index in [2.05, 4.69) is 46.5 Å². The van der Waals surface area contributed by atoms with Crippen molar-refractivity contribution in [3.8, 4) is 0 Å². The summed E-state index contributed by atoms with van der Waals surface area (Å²) in [7, 11) is 0. The summed E-state index contributed by atoms with van der Waals surface area (Å²) in [4.78, 5) is 12.4. The van der Waals surface area contributed by atoms with Crippen molar-refractivity contribution >= 4 is 32.6 Å². The quantitative estimate of drug-likeness (QED) is 0.379. The van der Waals surface area contributed by atoms with Crippen LogP contribution in [0.25, 0.3) is 10.9 Å². The van der Waals surface area contributed by atoms with Crippen LogP contribution in [0.1, 0.15) is 55.9 Å². The average molecular weight is 336 g/mol. The first kappa shape index (κ1) is 15.3. The zero-order valence-electron chi connectivity index (χ0n) is 12.2. The van der Waals surface area contributed by atoms with Gasteiger partial charge in [-0.05, 0) is 32.8 Å². The van der Waals surface area contributed by atoms with Crippen molar-refractivity contribution in [2.45, 2.75) is 45.6 Å². The van der Waals surface area contributed by atoms with Crippen LogP contribution in [0.15, 0.2) is 30.5 Å². The molecule has 3 heteroatoms. The Hall–Kier alpha value is -1.09. The van der Waals surface area contributed by atoms with E-state index in [-0.39, 0.29) is 5.78 Å². The van der Waals surface area contributed by atoms with Crippen molar-refractivity contribution in [2.24, 2.45) is 0 Å². The van der Waals surface area contributed by atoms with Gasteiger partial charge in [0.05, 0.1) is 0 Å². The zero-order chi connectivity index (χ0) is 14.5. The molecule has 0 saturated heterocycles. The number of para-hydroxylation sites is 1. The predicted molar refractivity (Wildman–Crippen MR) is 88.9 cm³/mol. The summed E-state index contributed by atoms with van der Waals surface area (Å²) in [6.45, 7) is 4.30. The van der Waals surface area contributed by atoms with E-state index in [1.807, 2.05) is 18.3 Å². The van der Waals surface area contributed by atoms with Gasteiger partial charge in [0.1, 0.15) is 0 Å². The molecule has 0 amide bonds. The molecule has 0 aliphatic heterocycles. The topological polar surface area (TPSA) is 22.0 Å². The van der Waals surface area contributed by atoms with Gasteiger partial charge in [0.15, 0.2) is 5.78 Å². The predicted octanol–water partition coefficient (Wildman–Crippen LogP) is 5.36. The number of ketones is 1. The van der Waals surface area contributed by atoms with E-state index in [1.54, 1.807) is 0 Å². The molecule has 2 aromatic rings. The van der Waals surface area contributed by atoms with E-state index in [9.17, 15) is 4.79 Å². The Balaban J connectivity index is 2.23. The van der Waals surface area contributed by atoms with E-state index < -0.39 is 0 Å². The Labute approximate surface area is 129 Å². The first-order valence-electron chi connectivity index (χ1n) is 7.34. The van der Waals surface area contributed by atoms with Crippen LogP contribution in [-0.4, -0.2) is 15.7 Å². The average Bonchev–Trinajstić information content (AvgIpc) is 2.83. The van der Waals surface area contributed by atoms with Gasteiger partial charge in [-0.2, -0.15) is 0 Å². The SMILES string of the molecule is CC(C)n1cc(C(=O)CCCCCBr)c2ccccc21. The van der Waals surface area contributed by atoms with Crippen LogP contribution >= 0.6 is 15.9 Å². The number of hydrogen-bond donors (Lipinski definition) is 0. The minimum absolute atomic E-state index is 0.273. The number of unbranched alkanes of at least 4 members (excludes halogenated alkanes) is 2. The third kappa shape index (κ3) is 3.32. The molecule has 0 atom stereocenters. The highest BCUT2D eigenvalue weighted by molar-refractivity contribution is 9.09. The Bertz CT molecular complexity index is 586. The lowest BCUT2D eigenvalue weighted by atomic mass is 10.0. The lowest BCUT2D eigenvalue weighted by Crippen LogP contribution is -2.00. The van der Waals surface area contributed by atoms with Gasteiger partial charge in [-0.1, -0.05) is 40.5 Å². The van der Waals surface area contributed by atoms with Crippen molar-refractivity contribution in [2.75, 3.05) is 5.33 Å². The van der Waals surface area contributed by atoms with Crippen molar-refractivity contribution in [3.05, 3.63) is 36.0 Å². The molecular weight excluding hydrogens is 314 g/mol. The number of hydrogen-bond acceptors (Lipinski definition) is 1. The summed E-state index contributed by atoms with van der Waals surface area (Å²) in [6, 6.07) is 8.56. The molecular formula is C17H22BrNO. The molecule has 0 aliphatic rings. The number of fused-ring (bicyclic) bond motifs is 1. The summed E-state index contributed by atoms with van der Waals surface area (Å²) in [5, 5.41) is 2.11. The van der Waals surface area contributed by atoms with Gasteiger partial charge in [-0.3, -0.25) is 4.79 Å². The van der Waals surface area contributed by atoms with Gasteiger partial charge in [-0.15, -0.1) is 0 Å². The minimum Gasteiger partial charge on any atom is -0.344 e. The highest BCUT2D eigenvalue weighted by Gasteiger charge is 2.15. The van der Waals surface area contributed by atoms with Crippen LogP contribution in [0.5, 0.6) is 0 Å². The fraction of sp³-hybridized carbons (Fsp3) is 0.471. The second kappa shape index (κ2) is 7.07. The summed E-state index contributed by atoms with van der Waals surface area (Å²) >= 11 is 3.43. The maximum atomic E-state index is 12.4. The summed E-state index contributed by atoms with van der Waals surface area (Å²) in [6.07, 6.45) is 5.91. The van der Waals surface area contributed by atoms with E-state index >= 15 is 0 Å². The van der Waals surface area contributed by atoms with E-state index in [4.69, 9.17) is 0 Å². The number of halogens is 1. The lowest BCUT2D eigenvalue weighted by Gasteiger charge is -2.08. The summed E-state index contributed by atoms with van der Waals surface area (Å²) in [5.41, 5.74) is 2.04. The van der Waals surface area contributed by atoms with Gasteiger partial charge in [-0.25, -0.2) is 0 Å². The third-order valence-electron chi connectivity index (χ3n) is 3.63. The van der Waals surface area contributed by atoms with E-state index in [0.717, 1.165) is 41.1 Å². The van der Waals surface area contributed by atoms with Gasteiger partial charge in [0.2, 0.25) is 0 Å². The Morgan fingerprint density at radius 1 is 1.20 bits per heavy atom. The largest absolute Gasteiger partial charge is 0.344 e. The number of nitrogens with zero attached hydrogens (tertiary/aromatic N) is 1. The second-order valence-corrected chi connectivity index (χ2v) is 6.28. The van der Waals surface area contributed by atoms with Crippen molar-refractivity contribution in [3.63, 3.8) is 0 Å². The number of carbonyl (C=O) groups is 1. The van der Waals surface area contributed by atoms with Crippen LogP contribution in [0.2, 0.25) is 0 Å². The molecule has 0 N–H and O–H groups in total. The number of rotatable bonds is 7. The van der Waals surface area contributed by atoms with Crippen LogP contribution in [0.3, 0.4) is 0 Å². The van der Waals surface area contributed by atoms with Crippen molar-refractivity contribution < 1.29 is 4.79 Å². The highest BCUT2D eigenvalue weighted by Crippen LogP contribution is 2.26. The highest BCUT2D eigenvalue weighted by atomic mass is 79.9. The van der Waals surface area contributed by atoms with Crippen LogP contribution in [0.4, 0.5) is 0 Å². The smallest absolute Gasteiger partial charge is 0.165 e. The first-order valence-corrected chi connectivity index (χ1v) is 8.46. The van der Waals surface area contributed by atoms with Crippen LogP contribution < -0.4 is 0 Å². The molecule has 0 radical (unpaired) electrons. The van der Waals surface area contributed by atoms with Gasteiger partial charge < -0.3 is 4.57 Å². The molecule has 1 aromatic heterocycles. The normalized spacial score (nSPS) is 11.4. The molecule has 0 spiro atoms. The zero-order valence-corrected chi connectivity index (χ0v) is 13.8. The standard InChI is InChI=1S/C17H22BrNO/c1-13(2)19-12-15(14-8-5-6-9-16(14)19)17(20)10-4-3-7-11-18/h5-6,8-9,12-13H,3-4,7,10-11H2,1-2H3. The first-order chi connectivity index (χ1) is 9.65. The van der Waals surface area contributed by atoms with Gasteiger partial charge in [0.25, 0.3) is 0 Å². The number of benzene rings is 1. The number of alkyl halides is 1. The van der Waals surface area contributed by atoms with Crippen LogP contribution in [-0.2, 0) is 0 Å². The van der Waals surface area contributed by atoms with Crippen molar-refractivity contribution in [1.82, 2.24) is 4.57 Å². The molecule has 0 saturated carbocycles. The molecule has 0 bridgehead atoms. The maximum Gasteiger partial charge on any atom is 0.165 e. The maximum absolute atomic E-state index is 12.4. The van der Waals surface area contributed by atoms with E-state index in [0.29, 0.717) is 12.5 Å². The summed E-state index contributed by atoms with van der Waals surface area (Å²) < 4.78 is 2.20. The second-order valence-electron chi connectivity index (χ2n) is 5.48. The number of carbonyl (C=O) groups excluding carboxylic acids is 1. The van der Waals surface area contributed by atoms with Gasteiger partial charge >= 0.3 is 0 Å². The lowest BCUT2D eigenvalue weighted by molar-refractivity contribution is 0.0980. The Morgan fingerprint density at radius 3 is 2.65 bits per heavy atom. The molecule has 2 rings (SSSR count). The molecule has 0 unspecified atom stereocenters. The van der Waals surface area contributed by atoms with Crippen LogP contribution in [0, 0.1) is 0 Å². The van der Waals surface area contributed by atoms with E-state index in [1.165, 1.54) is 0 Å². The third-order valence-corrected chi connectivity index (χ3v) is 4.20. The molecule has 1 aromatic carbocycles. The molecule has 0 aliphatic carbocycles. The monoisotopic (exact) mass is 335 g/mol. The summed E-state index contributed by atoms with van der Waals surface area (Å²) in [5.74, 6) is 0.273.